The normalized spacial score (nSPS) is 25.8. The maximum absolute atomic E-state index is 4.69. The van der Waals surface area contributed by atoms with Crippen LogP contribution in [0.3, 0.4) is 0 Å². The first-order valence-electron chi connectivity index (χ1n) is 5.50. The summed E-state index contributed by atoms with van der Waals surface area (Å²) in [5.74, 6) is 1.36. The summed E-state index contributed by atoms with van der Waals surface area (Å²) in [6.45, 7) is 6.64. The van der Waals surface area contributed by atoms with Crippen molar-refractivity contribution in [2.24, 2.45) is 5.92 Å². The predicted octanol–water partition coefficient (Wildman–Crippen LogP) is 2.79. The minimum Gasteiger partial charge on any atom is -0.222 e. The molecule has 0 saturated heterocycles. The summed E-state index contributed by atoms with van der Waals surface area (Å²) < 4.78 is 2.06. The monoisotopic (exact) mass is 221 g/mol. The minimum atomic E-state index is 0.597. The summed E-state index contributed by atoms with van der Waals surface area (Å²) in [6, 6.07) is 0. The molecule has 2 aromatic rings. The van der Waals surface area contributed by atoms with Crippen LogP contribution in [-0.4, -0.2) is 14.6 Å². The van der Waals surface area contributed by atoms with Crippen molar-refractivity contribution >= 4 is 16.3 Å². The van der Waals surface area contributed by atoms with Gasteiger partial charge < -0.3 is 0 Å². The number of rotatable bonds is 0. The molecular formula is C11H15N3S. The van der Waals surface area contributed by atoms with E-state index in [4.69, 9.17) is 4.98 Å². The van der Waals surface area contributed by atoms with Crippen LogP contribution in [0.15, 0.2) is 0 Å². The van der Waals surface area contributed by atoms with E-state index in [9.17, 15) is 0 Å². The Morgan fingerprint density at radius 2 is 2.20 bits per heavy atom. The summed E-state index contributed by atoms with van der Waals surface area (Å²) >= 11 is 1.69. The van der Waals surface area contributed by atoms with Crippen molar-refractivity contribution in [3.63, 3.8) is 0 Å². The Balaban J connectivity index is 2.24. The number of aromatic nitrogens is 3. The third kappa shape index (κ3) is 1.31. The van der Waals surface area contributed by atoms with Crippen LogP contribution in [0.25, 0.3) is 4.96 Å². The average Bonchev–Trinajstić information content (AvgIpc) is 2.58. The Labute approximate surface area is 93.1 Å². The third-order valence-corrected chi connectivity index (χ3v) is 4.00. The summed E-state index contributed by atoms with van der Waals surface area (Å²) in [5.41, 5.74) is 2.63. The van der Waals surface area contributed by atoms with Crippen molar-refractivity contribution in [3.8, 4) is 0 Å². The molecule has 0 fully saturated rings. The molecule has 0 bridgehead atoms. The van der Waals surface area contributed by atoms with Gasteiger partial charge in [0, 0.05) is 5.92 Å². The van der Waals surface area contributed by atoms with E-state index < -0.39 is 0 Å². The lowest BCUT2D eigenvalue weighted by atomic mass is 9.84. The fourth-order valence-corrected chi connectivity index (χ4v) is 3.44. The summed E-state index contributed by atoms with van der Waals surface area (Å²) in [6.07, 6.45) is 2.38. The Morgan fingerprint density at radius 3 is 3.00 bits per heavy atom. The minimum absolute atomic E-state index is 0.597. The van der Waals surface area contributed by atoms with Gasteiger partial charge in [-0.05, 0) is 25.7 Å². The quantitative estimate of drug-likeness (QED) is 0.684. The van der Waals surface area contributed by atoms with Gasteiger partial charge in [0.05, 0.1) is 11.4 Å². The molecule has 3 nitrogen and oxygen atoms in total. The molecule has 0 aliphatic heterocycles. The molecule has 0 aromatic carbocycles. The second-order valence-corrected chi connectivity index (χ2v) is 5.87. The van der Waals surface area contributed by atoms with Gasteiger partial charge in [-0.3, -0.25) is 0 Å². The predicted molar refractivity (Wildman–Crippen MR) is 61.5 cm³/mol. The van der Waals surface area contributed by atoms with Crippen molar-refractivity contribution in [1.82, 2.24) is 14.6 Å². The van der Waals surface area contributed by atoms with E-state index in [1.807, 2.05) is 6.92 Å². The first-order chi connectivity index (χ1) is 7.15. The highest BCUT2D eigenvalue weighted by Crippen LogP contribution is 2.35. The van der Waals surface area contributed by atoms with Crippen LogP contribution in [0.4, 0.5) is 0 Å². The topological polar surface area (TPSA) is 30.2 Å². The number of hydrogen-bond acceptors (Lipinski definition) is 3. The molecule has 2 aromatic heterocycles. The second-order valence-electron chi connectivity index (χ2n) is 4.71. The average molecular weight is 221 g/mol. The van der Waals surface area contributed by atoms with Crippen LogP contribution in [-0.2, 0) is 6.42 Å². The molecule has 0 N–H and O–H groups in total. The molecule has 15 heavy (non-hydrogen) atoms. The molecule has 2 heterocycles. The third-order valence-electron chi connectivity index (χ3n) is 3.18. The maximum Gasteiger partial charge on any atom is 0.212 e. The largest absolute Gasteiger partial charge is 0.222 e. The Hall–Kier alpha value is -0.900. The summed E-state index contributed by atoms with van der Waals surface area (Å²) in [5, 5.41) is 5.64. The van der Waals surface area contributed by atoms with E-state index in [0.717, 1.165) is 22.3 Å². The van der Waals surface area contributed by atoms with E-state index in [1.54, 1.807) is 11.3 Å². The zero-order valence-corrected chi connectivity index (χ0v) is 10.1. The lowest BCUT2D eigenvalue weighted by Gasteiger charge is -2.23. The van der Waals surface area contributed by atoms with E-state index in [0.29, 0.717) is 5.92 Å². The van der Waals surface area contributed by atoms with Crippen molar-refractivity contribution in [2.45, 2.75) is 39.5 Å². The second kappa shape index (κ2) is 3.04. The summed E-state index contributed by atoms with van der Waals surface area (Å²) in [7, 11) is 0. The van der Waals surface area contributed by atoms with Gasteiger partial charge in [-0.2, -0.15) is 5.10 Å². The van der Waals surface area contributed by atoms with Gasteiger partial charge in [-0.1, -0.05) is 25.2 Å². The molecular weight excluding hydrogens is 206 g/mol. The highest BCUT2D eigenvalue weighted by molar-refractivity contribution is 7.16. The standard InChI is InChI=1S/C11H15N3S/c1-6-4-7(2)10-9(5-6)12-11-14(10)13-8(3)15-11/h6-7H,4-5H2,1-3H3. The fourth-order valence-electron chi connectivity index (χ4n) is 2.67. The first-order valence-corrected chi connectivity index (χ1v) is 6.31. The lowest BCUT2D eigenvalue weighted by Crippen LogP contribution is -2.16. The molecule has 0 spiro atoms. The number of aryl methyl sites for hydroxylation is 1. The zero-order valence-electron chi connectivity index (χ0n) is 9.32. The van der Waals surface area contributed by atoms with Crippen LogP contribution in [0.1, 0.15) is 42.6 Å². The first kappa shape index (κ1) is 9.33. The van der Waals surface area contributed by atoms with E-state index in [-0.39, 0.29) is 0 Å². The molecule has 0 radical (unpaired) electrons. The molecule has 4 heteroatoms. The summed E-state index contributed by atoms with van der Waals surface area (Å²) in [4.78, 5) is 5.76. The highest BCUT2D eigenvalue weighted by Gasteiger charge is 2.27. The van der Waals surface area contributed by atoms with Crippen molar-refractivity contribution < 1.29 is 0 Å². The maximum atomic E-state index is 4.69. The molecule has 0 amide bonds. The van der Waals surface area contributed by atoms with Crippen LogP contribution < -0.4 is 0 Å². The van der Waals surface area contributed by atoms with Gasteiger partial charge in [0.15, 0.2) is 0 Å². The van der Waals surface area contributed by atoms with Gasteiger partial charge in [-0.25, -0.2) is 9.50 Å². The van der Waals surface area contributed by atoms with Crippen molar-refractivity contribution in [2.75, 3.05) is 0 Å². The van der Waals surface area contributed by atoms with Gasteiger partial charge in [0.2, 0.25) is 4.96 Å². The Morgan fingerprint density at radius 1 is 1.40 bits per heavy atom. The fraction of sp³-hybridized carbons (Fsp3) is 0.636. The van der Waals surface area contributed by atoms with Crippen molar-refractivity contribution in [1.29, 1.82) is 0 Å². The smallest absolute Gasteiger partial charge is 0.212 e. The van der Waals surface area contributed by atoms with Gasteiger partial charge >= 0.3 is 0 Å². The lowest BCUT2D eigenvalue weighted by molar-refractivity contribution is 0.434. The molecule has 0 saturated carbocycles. The Bertz CT molecular complexity index is 511. The number of hydrogen-bond donors (Lipinski definition) is 0. The van der Waals surface area contributed by atoms with Gasteiger partial charge in [-0.15, -0.1) is 0 Å². The molecule has 2 unspecified atom stereocenters. The molecule has 3 rings (SSSR count). The van der Waals surface area contributed by atoms with Crippen molar-refractivity contribution in [3.05, 3.63) is 16.4 Å². The molecule has 2 atom stereocenters. The van der Waals surface area contributed by atoms with Crippen LogP contribution in [0, 0.1) is 12.8 Å². The SMILES string of the molecule is Cc1nn2c3c(nc2s1)CC(C)CC3C. The van der Waals surface area contributed by atoms with Gasteiger partial charge in [0.25, 0.3) is 0 Å². The van der Waals surface area contributed by atoms with E-state index >= 15 is 0 Å². The van der Waals surface area contributed by atoms with E-state index in [1.165, 1.54) is 17.8 Å². The van der Waals surface area contributed by atoms with Crippen LogP contribution in [0.2, 0.25) is 0 Å². The molecule has 1 aliphatic carbocycles. The highest BCUT2D eigenvalue weighted by atomic mass is 32.1. The molecule has 80 valence electrons. The van der Waals surface area contributed by atoms with E-state index in [2.05, 4.69) is 23.5 Å². The van der Waals surface area contributed by atoms with Crippen LogP contribution >= 0.6 is 11.3 Å². The van der Waals surface area contributed by atoms with Gasteiger partial charge in [0.1, 0.15) is 5.01 Å². The molecule has 1 aliphatic rings. The number of imidazole rings is 1. The number of nitrogens with zero attached hydrogens (tertiary/aromatic N) is 3. The number of fused-ring (bicyclic) bond motifs is 3. The zero-order chi connectivity index (χ0) is 10.6. The Kier molecular flexibility index (Phi) is 1.89. The van der Waals surface area contributed by atoms with Crippen LogP contribution in [0.5, 0.6) is 0 Å².